The van der Waals surface area contributed by atoms with E-state index in [0.717, 1.165) is 12.6 Å². The van der Waals surface area contributed by atoms with Crippen molar-refractivity contribution in [2.24, 2.45) is 0 Å². The van der Waals surface area contributed by atoms with Gasteiger partial charge in [-0.25, -0.2) is 0 Å². The standard InChI is InChI=1S/C15H27N5.ClH/c1-13(2)20-12-14(9-17-20)11-18-5-7-19(8-6-18)15-3-4-16-10-15;/h9,12-13,15-16H,3-8,10-11H2,1-2H3;1H. The van der Waals surface area contributed by atoms with Crippen LogP contribution in [-0.2, 0) is 6.54 Å². The predicted molar refractivity (Wildman–Crippen MR) is 88.0 cm³/mol. The Hall–Kier alpha value is -0.620. The van der Waals surface area contributed by atoms with E-state index in [4.69, 9.17) is 0 Å². The van der Waals surface area contributed by atoms with Crippen molar-refractivity contribution in [2.45, 2.75) is 38.9 Å². The Labute approximate surface area is 134 Å². The van der Waals surface area contributed by atoms with Crippen LogP contribution >= 0.6 is 12.4 Å². The molecule has 0 bridgehead atoms. The van der Waals surface area contributed by atoms with Crippen LogP contribution in [-0.4, -0.2) is 64.9 Å². The summed E-state index contributed by atoms with van der Waals surface area (Å²) in [6.07, 6.45) is 5.53. The topological polar surface area (TPSA) is 36.3 Å². The first kappa shape index (κ1) is 16.7. The number of rotatable bonds is 4. The van der Waals surface area contributed by atoms with E-state index in [2.05, 4.69) is 44.9 Å². The second-order valence-corrected chi connectivity index (χ2v) is 6.38. The zero-order valence-corrected chi connectivity index (χ0v) is 14.0. The zero-order chi connectivity index (χ0) is 13.9. The fourth-order valence-corrected chi connectivity index (χ4v) is 3.24. The highest BCUT2D eigenvalue weighted by Gasteiger charge is 2.25. The van der Waals surface area contributed by atoms with Crippen LogP contribution in [0.2, 0.25) is 0 Å². The van der Waals surface area contributed by atoms with Crippen LogP contribution in [0.5, 0.6) is 0 Å². The van der Waals surface area contributed by atoms with Crippen LogP contribution in [0, 0.1) is 0 Å². The number of aromatic nitrogens is 2. The van der Waals surface area contributed by atoms with Gasteiger partial charge in [0.15, 0.2) is 0 Å². The Balaban J connectivity index is 0.00000161. The molecule has 2 aliphatic heterocycles. The lowest BCUT2D eigenvalue weighted by molar-refractivity contribution is 0.0981. The quantitative estimate of drug-likeness (QED) is 0.911. The Kier molecular flexibility index (Phi) is 6.05. The van der Waals surface area contributed by atoms with Crippen LogP contribution in [0.15, 0.2) is 12.4 Å². The molecule has 0 radical (unpaired) electrons. The summed E-state index contributed by atoms with van der Waals surface area (Å²) in [4.78, 5) is 5.22. The minimum absolute atomic E-state index is 0. The first-order valence-electron chi connectivity index (χ1n) is 7.92. The Morgan fingerprint density at radius 2 is 2.05 bits per heavy atom. The second-order valence-electron chi connectivity index (χ2n) is 6.38. The van der Waals surface area contributed by atoms with E-state index in [0.29, 0.717) is 6.04 Å². The molecule has 0 spiro atoms. The SMILES string of the molecule is CC(C)n1cc(CN2CCN(C3CCNC3)CC2)cn1.Cl. The molecule has 3 rings (SSSR count). The van der Waals surface area contributed by atoms with Crippen molar-refractivity contribution in [3.8, 4) is 0 Å². The summed E-state index contributed by atoms with van der Waals surface area (Å²) < 4.78 is 2.05. The molecule has 1 aromatic heterocycles. The highest BCUT2D eigenvalue weighted by molar-refractivity contribution is 5.85. The summed E-state index contributed by atoms with van der Waals surface area (Å²) >= 11 is 0. The maximum atomic E-state index is 4.43. The molecule has 0 aliphatic carbocycles. The first-order chi connectivity index (χ1) is 9.72. The van der Waals surface area contributed by atoms with Gasteiger partial charge < -0.3 is 5.32 Å². The Morgan fingerprint density at radius 1 is 1.29 bits per heavy atom. The lowest BCUT2D eigenvalue weighted by atomic mass is 10.2. The van der Waals surface area contributed by atoms with Crippen molar-refractivity contribution in [1.82, 2.24) is 24.9 Å². The number of nitrogens with one attached hydrogen (secondary N) is 1. The highest BCUT2D eigenvalue weighted by Crippen LogP contribution is 2.14. The van der Waals surface area contributed by atoms with E-state index in [1.54, 1.807) is 0 Å². The third-order valence-corrected chi connectivity index (χ3v) is 4.55. The van der Waals surface area contributed by atoms with E-state index in [1.807, 2.05) is 6.20 Å². The molecule has 1 aromatic rings. The molecule has 1 atom stereocenters. The summed E-state index contributed by atoms with van der Waals surface area (Å²) in [6, 6.07) is 1.23. The van der Waals surface area contributed by atoms with E-state index >= 15 is 0 Å². The van der Waals surface area contributed by atoms with Gasteiger partial charge in [0, 0.05) is 63.1 Å². The first-order valence-corrected chi connectivity index (χ1v) is 7.92. The monoisotopic (exact) mass is 313 g/mol. The molecule has 2 saturated heterocycles. The van der Waals surface area contributed by atoms with Gasteiger partial charge in [-0.15, -0.1) is 12.4 Å². The Bertz CT molecular complexity index is 419. The van der Waals surface area contributed by atoms with Gasteiger partial charge in [0.25, 0.3) is 0 Å². The summed E-state index contributed by atoms with van der Waals surface area (Å²) in [7, 11) is 0. The minimum atomic E-state index is 0. The lowest BCUT2D eigenvalue weighted by Crippen LogP contribution is -2.50. The molecule has 6 heteroatoms. The van der Waals surface area contributed by atoms with Crippen molar-refractivity contribution in [3.05, 3.63) is 18.0 Å². The number of piperazine rings is 1. The predicted octanol–water partition coefficient (Wildman–Crippen LogP) is 1.37. The summed E-state index contributed by atoms with van der Waals surface area (Å²) in [5, 5.41) is 7.90. The van der Waals surface area contributed by atoms with Gasteiger partial charge in [-0.1, -0.05) is 0 Å². The molecular weight excluding hydrogens is 286 g/mol. The molecule has 5 nitrogen and oxygen atoms in total. The molecule has 0 saturated carbocycles. The van der Waals surface area contributed by atoms with Gasteiger partial charge in [0.2, 0.25) is 0 Å². The molecule has 120 valence electrons. The van der Waals surface area contributed by atoms with Crippen molar-refractivity contribution in [2.75, 3.05) is 39.3 Å². The average Bonchev–Trinajstić information content (AvgIpc) is 3.10. The lowest BCUT2D eigenvalue weighted by Gasteiger charge is -2.37. The maximum absolute atomic E-state index is 4.43. The largest absolute Gasteiger partial charge is 0.315 e. The van der Waals surface area contributed by atoms with Gasteiger partial charge >= 0.3 is 0 Å². The van der Waals surface area contributed by atoms with Crippen LogP contribution < -0.4 is 5.32 Å². The van der Waals surface area contributed by atoms with Crippen LogP contribution in [0.4, 0.5) is 0 Å². The number of hydrogen-bond donors (Lipinski definition) is 1. The van der Waals surface area contributed by atoms with Crippen molar-refractivity contribution >= 4 is 12.4 Å². The maximum Gasteiger partial charge on any atom is 0.0534 e. The normalized spacial score (nSPS) is 24.4. The van der Waals surface area contributed by atoms with Gasteiger partial charge in [0.05, 0.1) is 6.20 Å². The number of halogens is 1. The van der Waals surface area contributed by atoms with Gasteiger partial charge in [-0.3, -0.25) is 14.5 Å². The van der Waals surface area contributed by atoms with E-state index in [9.17, 15) is 0 Å². The molecule has 0 aromatic carbocycles. The van der Waals surface area contributed by atoms with Crippen LogP contribution in [0.1, 0.15) is 31.9 Å². The van der Waals surface area contributed by atoms with Gasteiger partial charge in [-0.05, 0) is 26.8 Å². The second kappa shape index (κ2) is 7.58. The molecule has 1 unspecified atom stereocenters. The molecule has 0 amide bonds. The van der Waals surface area contributed by atoms with Crippen LogP contribution in [0.25, 0.3) is 0 Å². The molecule has 2 fully saturated rings. The van der Waals surface area contributed by atoms with E-state index in [-0.39, 0.29) is 12.4 Å². The molecule has 21 heavy (non-hydrogen) atoms. The molecule has 3 heterocycles. The third-order valence-electron chi connectivity index (χ3n) is 4.55. The third kappa shape index (κ3) is 4.19. The van der Waals surface area contributed by atoms with Crippen molar-refractivity contribution in [1.29, 1.82) is 0 Å². The highest BCUT2D eigenvalue weighted by atomic mass is 35.5. The smallest absolute Gasteiger partial charge is 0.0534 e. The number of hydrogen-bond acceptors (Lipinski definition) is 4. The summed E-state index contributed by atoms with van der Waals surface area (Å²) in [5.74, 6) is 0. The minimum Gasteiger partial charge on any atom is -0.315 e. The zero-order valence-electron chi connectivity index (χ0n) is 13.2. The fourth-order valence-electron chi connectivity index (χ4n) is 3.24. The van der Waals surface area contributed by atoms with Crippen molar-refractivity contribution in [3.63, 3.8) is 0 Å². The number of nitrogens with zero attached hydrogens (tertiary/aromatic N) is 4. The van der Waals surface area contributed by atoms with E-state index < -0.39 is 0 Å². The molecule has 2 aliphatic rings. The molecular formula is C15H28ClN5. The van der Waals surface area contributed by atoms with Crippen molar-refractivity contribution < 1.29 is 0 Å². The molecule has 1 N–H and O–H groups in total. The summed E-state index contributed by atoms with van der Waals surface area (Å²) in [5.41, 5.74) is 1.34. The van der Waals surface area contributed by atoms with E-state index in [1.165, 1.54) is 51.3 Å². The van der Waals surface area contributed by atoms with Gasteiger partial charge in [0.1, 0.15) is 0 Å². The van der Waals surface area contributed by atoms with Crippen LogP contribution in [0.3, 0.4) is 0 Å². The van der Waals surface area contributed by atoms with Gasteiger partial charge in [-0.2, -0.15) is 5.10 Å². The Morgan fingerprint density at radius 3 is 2.62 bits per heavy atom. The summed E-state index contributed by atoms with van der Waals surface area (Å²) in [6.45, 7) is 12.6. The fraction of sp³-hybridized carbons (Fsp3) is 0.800. The average molecular weight is 314 g/mol.